The van der Waals surface area contributed by atoms with Gasteiger partial charge in [-0.2, -0.15) is 18.3 Å². The minimum Gasteiger partial charge on any atom is -0.306 e. The molecule has 120 valence electrons. The first-order valence-electron chi connectivity index (χ1n) is 7.54. The van der Waals surface area contributed by atoms with Crippen LogP contribution in [0, 0.1) is 11.8 Å². The Morgan fingerprint density at radius 3 is 2.71 bits per heavy atom. The normalized spacial score (nSPS) is 23.7. The lowest BCUT2D eigenvalue weighted by molar-refractivity contribution is -0.189. The molecule has 0 bridgehead atoms. The Bertz CT molecular complexity index is 442. The fraction of sp³-hybridized carbons (Fsp3) is 0.857. The van der Waals surface area contributed by atoms with Crippen LogP contribution in [-0.2, 0) is 13.1 Å². The summed E-state index contributed by atoms with van der Waals surface area (Å²) < 4.78 is 40.9. The van der Waals surface area contributed by atoms with Crippen LogP contribution in [-0.4, -0.2) is 27.0 Å². The molecule has 0 unspecified atom stereocenters. The van der Waals surface area contributed by atoms with Gasteiger partial charge in [-0.1, -0.05) is 26.7 Å². The van der Waals surface area contributed by atoms with Gasteiger partial charge in [0.1, 0.15) is 12.2 Å². The summed E-state index contributed by atoms with van der Waals surface area (Å²) in [4.78, 5) is 4.15. The van der Waals surface area contributed by atoms with Crippen molar-refractivity contribution in [3.63, 3.8) is 0 Å². The molecule has 21 heavy (non-hydrogen) atoms. The van der Waals surface area contributed by atoms with Gasteiger partial charge in [-0.3, -0.25) is 0 Å². The first-order chi connectivity index (χ1) is 9.88. The zero-order chi connectivity index (χ0) is 15.5. The quantitative estimate of drug-likeness (QED) is 0.908. The van der Waals surface area contributed by atoms with E-state index in [0.29, 0.717) is 31.1 Å². The van der Waals surface area contributed by atoms with Crippen LogP contribution in [0.1, 0.15) is 45.4 Å². The molecule has 0 spiro atoms. The Hall–Kier alpha value is -1.11. The number of halogens is 3. The van der Waals surface area contributed by atoms with Gasteiger partial charge in [0, 0.05) is 12.6 Å². The second kappa shape index (κ2) is 6.77. The highest BCUT2D eigenvalue weighted by molar-refractivity contribution is 4.90. The molecular weight excluding hydrogens is 281 g/mol. The fourth-order valence-electron chi connectivity index (χ4n) is 2.91. The molecule has 1 saturated carbocycles. The third kappa shape index (κ3) is 4.43. The zero-order valence-corrected chi connectivity index (χ0v) is 12.5. The first kappa shape index (κ1) is 16.3. The van der Waals surface area contributed by atoms with E-state index in [1.54, 1.807) is 4.68 Å². The summed E-state index contributed by atoms with van der Waals surface area (Å²) in [6, 6.07) is -0.511. The third-order valence-electron chi connectivity index (χ3n) is 3.94. The van der Waals surface area contributed by atoms with Crippen molar-refractivity contribution in [2.75, 3.05) is 0 Å². The molecule has 1 aliphatic carbocycles. The second-order valence-corrected chi connectivity index (χ2v) is 6.17. The van der Waals surface area contributed by atoms with Crippen molar-refractivity contribution in [1.29, 1.82) is 0 Å². The van der Waals surface area contributed by atoms with Crippen molar-refractivity contribution in [3.05, 3.63) is 12.2 Å². The minimum absolute atomic E-state index is 0.222. The highest BCUT2D eigenvalue weighted by atomic mass is 19.4. The molecule has 0 aromatic carbocycles. The van der Waals surface area contributed by atoms with E-state index in [1.807, 2.05) is 0 Å². The van der Waals surface area contributed by atoms with E-state index in [2.05, 4.69) is 29.2 Å². The summed E-state index contributed by atoms with van der Waals surface area (Å²) >= 11 is 0. The van der Waals surface area contributed by atoms with Crippen LogP contribution in [0.4, 0.5) is 13.2 Å². The average molecular weight is 304 g/mol. The van der Waals surface area contributed by atoms with Gasteiger partial charge in [0.15, 0.2) is 0 Å². The van der Waals surface area contributed by atoms with Crippen molar-refractivity contribution >= 4 is 0 Å². The molecule has 0 aliphatic heterocycles. The monoisotopic (exact) mass is 304 g/mol. The van der Waals surface area contributed by atoms with Crippen molar-refractivity contribution in [2.24, 2.45) is 11.8 Å². The maximum absolute atomic E-state index is 13.0. The summed E-state index contributed by atoms with van der Waals surface area (Å²) in [5.74, 6) is -0.119. The third-order valence-corrected chi connectivity index (χ3v) is 3.94. The van der Waals surface area contributed by atoms with Crippen LogP contribution in [0.15, 0.2) is 6.33 Å². The van der Waals surface area contributed by atoms with Crippen molar-refractivity contribution < 1.29 is 13.2 Å². The molecule has 1 aromatic heterocycles. The summed E-state index contributed by atoms with van der Waals surface area (Å²) in [5, 5.41) is 7.18. The van der Waals surface area contributed by atoms with Crippen LogP contribution in [0.5, 0.6) is 0 Å². The summed E-state index contributed by atoms with van der Waals surface area (Å²) in [5.41, 5.74) is 0. The largest absolute Gasteiger partial charge is 0.393 e. The van der Waals surface area contributed by atoms with Gasteiger partial charge in [0.2, 0.25) is 0 Å². The number of nitrogens with one attached hydrogen (secondary N) is 1. The molecule has 4 nitrogen and oxygen atoms in total. The average Bonchev–Trinajstić information content (AvgIpc) is 2.82. The van der Waals surface area contributed by atoms with Gasteiger partial charge >= 0.3 is 6.18 Å². The van der Waals surface area contributed by atoms with Crippen LogP contribution in [0.2, 0.25) is 0 Å². The number of rotatable bonds is 5. The molecule has 1 aromatic rings. The maximum atomic E-state index is 13.0. The smallest absolute Gasteiger partial charge is 0.306 e. The molecular formula is C14H23F3N4. The molecule has 1 fully saturated rings. The van der Waals surface area contributed by atoms with Gasteiger partial charge in [-0.05, 0) is 18.8 Å². The van der Waals surface area contributed by atoms with Crippen LogP contribution in [0.3, 0.4) is 0 Å². The summed E-state index contributed by atoms with van der Waals surface area (Å²) in [7, 11) is 0. The fourth-order valence-corrected chi connectivity index (χ4v) is 2.91. The summed E-state index contributed by atoms with van der Waals surface area (Å²) in [6.45, 7) is 5.20. The van der Waals surface area contributed by atoms with Crippen molar-refractivity contribution in [1.82, 2.24) is 20.1 Å². The highest BCUT2D eigenvalue weighted by Gasteiger charge is 2.45. The van der Waals surface area contributed by atoms with Gasteiger partial charge in [-0.25, -0.2) is 9.67 Å². The molecule has 0 amide bonds. The topological polar surface area (TPSA) is 42.7 Å². The van der Waals surface area contributed by atoms with Gasteiger partial charge in [0.05, 0.1) is 12.5 Å². The predicted octanol–water partition coefficient (Wildman–Crippen LogP) is 3.14. The van der Waals surface area contributed by atoms with Gasteiger partial charge in [0.25, 0.3) is 0 Å². The SMILES string of the molecule is CC(C)Cn1ncnc1CN[C@@H]1CCCC[C@H]1C(F)(F)F. The van der Waals surface area contributed by atoms with Gasteiger partial charge in [-0.15, -0.1) is 0 Å². The lowest BCUT2D eigenvalue weighted by Gasteiger charge is -2.33. The van der Waals surface area contributed by atoms with Crippen molar-refractivity contribution in [2.45, 2.75) is 64.8 Å². The van der Waals surface area contributed by atoms with Gasteiger partial charge < -0.3 is 5.32 Å². The Labute approximate surface area is 123 Å². The Morgan fingerprint density at radius 2 is 2.05 bits per heavy atom. The number of aromatic nitrogens is 3. The standard InChI is InChI=1S/C14H23F3N4/c1-10(2)8-21-13(19-9-20-21)7-18-12-6-4-3-5-11(12)14(15,16)17/h9-12,18H,3-8H2,1-2H3/t11-,12-/m1/s1. The molecule has 1 heterocycles. The Balaban J connectivity index is 1.96. The predicted molar refractivity (Wildman–Crippen MR) is 73.5 cm³/mol. The Kier molecular flexibility index (Phi) is 5.24. The van der Waals surface area contributed by atoms with E-state index in [9.17, 15) is 13.2 Å². The van der Waals surface area contributed by atoms with Crippen LogP contribution < -0.4 is 5.32 Å². The molecule has 0 radical (unpaired) electrons. The van der Waals surface area contributed by atoms with Crippen molar-refractivity contribution in [3.8, 4) is 0 Å². The molecule has 2 atom stereocenters. The second-order valence-electron chi connectivity index (χ2n) is 6.17. The zero-order valence-electron chi connectivity index (χ0n) is 12.5. The van der Waals surface area contributed by atoms with Crippen LogP contribution >= 0.6 is 0 Å². The Morgan fingerprint density at radius 1 is 1.33 bits per heavy atom. The molecule has 1 N–H and O–H groups in total. The maximum Gasteiger partial charge on any atom is 0.393 e. The number of hydrogen-bond acceptors (Lipinski definition) is 3. The summed E-state index contributed by atoms with van der Waals surface area (Å²) in [6.07, 6.45) is -0.359. The molecule has 1 aliphatic rings. The van der Waals surface area contributed by atoms with E-state index >= 15 is 0 Å². The number of alkyl halides is 3. The number of hydrogen-bond donors (Lipinski definition) is 1. The van der Waals surface area contributed by atoms with E-state index in [1.165, 1.54) is 6.33 Å². The van der Waals surface area contributed by atoms with E-state index in [0.717, 1.165) is 13.0 Å². The van der Waals surface area contributed by atoms with E-state index in [-0.39, 0.29) is 6.42 Å². The molecule has 0 saturated heterocycles. The van der Waals surface area contributed by atoms with Crippen LogP contribution in [0.25, 0.3) is 0 Å². The lowest BCUT2D eigenvalue weighted by atomic mass is 9.84. The molecule has 2 rings (SSSR count). The van der Waals surface area contributed by atoms with E-state index in [4.69, 9.17) is 0 Å². The lowest BCUT2D eigenvalue weighted by Crippen LogP contribution is -2.45. The minimum atomic E-state index is -4.12. The number of nitrogens with zero attached hydrogens (tertiary/aromatic N) is 3. The molecule has 7 heteroatoms. The van der Waals surface area contributed by atoms with E-state index < -0.39 is 18.1 Å². The highest BCUT2D eigenvalue weighted by Crippen LogP contribution is 2.37. The first-order valence-corrected chi connectivity index (χ1v) is 7.54.